The first kappa shape index (κ1) is 25.4. The zero-order valence-corrected chi connectivity index (χ0v) is 20.4. The number of nitrogens with one attached hydrogen (secondary N) is 2. The van der Waals surface area contributed by atoms with E-state index in [1.54, 1.807) is 36.4 Å². The normalized spacial score (nSPS) is 11.2. The number of sulfonamides is 1. The van der Waals surface area contributed by atoms with Crippen molar-refractivity contribution >= 4 is 39.4 Å². The van der Waals surface area contributed by atoms with Crippen molar-refractivity contribution in [2.45, 2.75) is 6.92 Å². The maximum absolute atomic E-state index is 12.2. The molecule has 0 saturated carbocycles. The number of carbonyl (C=O) groups is 2. The number of anilines is 2. The number of hydrazone groups is 1. The third kappa shape index (κ3) is 7.68. The van der Waals surface area contributed by atoms with Gasteiger partial charge in [0.2, 0.25) is 10.0 Å². The van der Waals surface area contributed by atoms with Crippen LogP contribution in [0, 0.1) is 6.92 Å². The van der Waals surface area contributed by atoms with E-state index in [4.69, 9.17) is 4.74 Å². The molecule has 0 spiro atoms. The van der Waals surface area contributed by atoms with E-state index in [1.807, 2.05) is 31.2 Å². The van der Waals surface area contributed by atoms with E-state index >= 15 is 0 Å². The van der Waals surface area contributed by atoms with E-state index in [9.17, 15) is 18.0 Å². The Balaban J connectivity index is 1.47. The van der Waals surface area contributed by atoms with E-state index in [-0.39, 0.29) is 12.5 Å². The monoisotopic (exact) mass is 494 g/mol. The average Bonchev–Trinajstić information content (AvgIpc) is 2.84. The number of hydrogen-bond acceptors (Lipinski definition) is 6. The minimum Gasteiger partial charge on any atom is -0.484 e. The summed E-state index contributed by atoms with van der Waals surface area (Å²) in [4.78, 5) is 24.3. The Morgan fingerprint density at radius 3 is 2.20 bits per heavy atom. The van der Waals surface area contributed by atoms with Crippen LogP contribution in [0.2, 0.25) is 0 Å². The SMILES string of the molecule is Cc1ccc(NC(=O)COc2ccc(/C=N\NC(=O)c3ccc(N(C)S(C)(=O)=O)cc3)cc2)cc1. The molecule has 0 radical (unpaired) electrons. The van der Waals surface area contributed by atoms with E-state index in [1.165, 1.54) is 25.4 Å². The number of amides is 2. The number of benzene rings is 3. The molecule has 9 nitrogen and oxygen atoms in total. The van der Waals surface area contributed by atoms with Crippen molar-refractivity contribution in [2.24, 2.45) is 5.10 Å². The Hall–Kier alpha value is -4.18. The van der Waals surface area contributed by atoms with Gasteiger partial charge in [-0.05, 0) is 73.2 Å². The molecule has 35 heavy (non-hydrogen) atoms. The van der Waals surface area contributed by atoms with Crippen molar-refractivity contribution in [3.63, 3.8) is 0 Å². The van der Waals surface area contributed by atoms with Gasteiger partial charge in [0, 0.05) is 18.3 Å². The minimum atomic E-state index is -3.38. The summed E-state index contributed by atoms with van der Waals surface area (Å²) >= 11 is 0. The van der Waals surface area contributed by atoms with E-state index in [2.05, 4.69) is 15.8 Å². The molecule has 0 unspecified atom stereocenters. The fourth-order valence-corrected chi connectivity index (χ4v) is 3.38. The van der Waals surface area contributed by atoms with Crippen LogP contribution in [-0.4, -0.2) is 46.4 Å². The van der Waals surface area contributed by atoms with Gasteiger partial charge in [-0.1, -0.05) is 17.7 Å². The summed E-state index contributed by atoms with van der Waals surface area (Å²) in [6.07, 6.45) is 2.57. The number of hydrogen-bond donors (Lipinski definition) is 2. The third-order valence-electron chi connectivity index (χ3n) is 4.96. The van der Waals surface area contributed by atoms with E-state index < -0.39 is 15.9 Å². The number of nitrogens with zero attached hydrogens (tertiary/aromatic N) is 2. The predicted octanol–water partition coefficient (Wildman–Crippen LogP) is 3.17. The highest BCUT2D eigenvalue weighted by Crippen LogP contribution is 2.16. The number of ether oxygens (including phenoxy) is 1. The summed E-state index contributed by atoms with van der Waals surface area (Å²) in [7, 11) is -1.94. The van der Waals surface area contributed by atoms with Crippen LogP contribution in [0.4, 0.5) is 11.4 Å². The topological polar surface area (TPSA) is 117 Å². The smallest absolute Gasteiger partial charge is 0.271 e. The highest BCUT2D eigenvalue weighted by molar-refractivity contribution is 7.92. The highest BCUT2D eigenvalue weighted by atomic mass is 32.2. The van der Waals surface area contributed by atoms with Crippen LogP contribution in [0.15, 0.2) is 77.9 Å². The molecule has 0 aliphatic carbocycles. The Morgan fingerprint density at radius 1 is 0.971 bits per heavy atom. The van der Waals surface area contributed by atoms with Crippen LogP contribution in [0.25, 0.3) is 0 Å². The fourth-order valence-electron chi connectivity index (χ4n) is 2.88. The summed E-state index contributed by atoms with van der Waals surface area (Å²) in [5.41, 5.74) is 5.73. The second-order valence-corrected chi connectivity index (χ2v) is 9.76. The first-order valence-corrected chi connectivity index (χ1v) is 12.4. The molecule has 10 heteroatoms. The lowest BCUT2D eigenvalue weighted by Gasteiger charge is -2.16. The molecule has 0 aliphatic heterocycles. The molecule has 0 aromatic heterocycles. The van der Waals surface area contributed by atoms with Gasteiger partial charge in [0.1, 0.15) is 5.75 Å². The first-order valence-electron chi connectivity index (χ1n) is 10.6. The predicted molar refractivity (Wildman–Crippen MR) is 136 cm³/mol. The number of rotatable bonds is 9. The van der Waals surface area contributed by atoms with Crippen molar-refractivity contribution in [2.75, 3.05) is 29.5 Å². The van der Waals surface area contributed by atoms with Crippen molar-refractivity contribution in [3.8, 4) is 5.75 Å². The molecule has 0 saturated heterocycles. The van der Waals surface area contributed by atoms with Gasteiger partial charge in [0.25, 0.3) is 11.8 Å². The summed E-state index contributed by atoms with van der Waals surface area (Å²) in [5, 5.41) is 6.70. The van der Waals surface area contributed by atoms with Crippen LogP contribution in [-0.2, 0) is 14.8 Å². The average molecular weight is 495 g/mol. The molecule has 0 fully saturated rings. The first-order chi connectivity index (χ1) is 16.6. The second kappa shape index (κ2) is 11.3. The largest absolute Gasteiger partial charge is 0.484 e. The molecule has 3 aromatic rings. The maximum atomic E-state index is 12.2. The summed E-state index contributed by atoms with van der Waals surface area (Å²) in [6.45, 7) is 1.84. The van der Waals surface area contributed by atoms with Gasteiger partial charge in [-0.15, -0.1) is 0 Å². The molecule has 2 N–H and O–H groups in total. The van der Waals surface area contributed by atoms with Crippen molar-refractivity contribution in [1.29, 1.82) is 0 Å². The van der Waals surface area contributed by atoms with Crippen molar-refractivity contribution < 1.29 is 22.7 Å². The Kier molecular flexibility index (Phi) is 8.21. The van der Waals surface area contributed by atoms with Crippen LogP contribution in [0.3, 0.4) is 0 Å². The minimum absolute atomic E-state index is 0.129. The van der Waals surface area contributed by atoms with E-state index in [0.29, 0.717) is 28.3 Å². The van der Waals surface area contributed by atoms with Gasteiger partial charge >= 0.3 is 0 Å². The molecule has 3 aromatic carbocycles. The third-order valence-corrected chi connectivity index (χ3v) is 6.16. The zero-order valence-electron chi connectivity index (χ0n) is 19.6. The Bertz CT molecular complexity index is 1300. The van der Waals surface area contributed by atoms with Crippen LogP contribution in [0.5, 0.6) is 5.75 Å². The maximum Gasteiger partial charge on any atom is 0.271 e. The number of carbonyl (C=O) groups excluding carboxylic acids is 2. The molecule has 3 rings (SSSR count). The van der Waals surface area contributed by atoms with Crippen molar-refractivity contribution in [3.05, 3.63) is 89.5 Å². The van der Waals surface area contributed by atoms with Gasteiger partial charge < -0.3 is 10.1 Å². The van der Waals surface area contributed by atoms with Crippen LogP contribution >= 0.6 is 0 Å². The molecular weight excluding hydrogens is 468 g/mol. The van der Waals surface area contributed by atoms with Crippen LogP contribution < -0.4 is 19.8 Å². The lowest BCUT2D eigenvalue weighted by molar-refractivity contribution is -0.118. The zero-order chi connectivity index (χ0) is 25.4. The molecule has 0 heterocycles. The van der Waals surface area contributed by atoms with Gasteiger partial charge in [0.15, 0.2) is 6.61 Å². The highest BCUT2D eigenvalue weighted by Gasteiger charge is 2.12. The molecule has 0 atom stereocenters. The van der Waals surface area contributed by atoms with Gasteiger partial charge in [-0.2, -0.15) is 5.10 Å². The van der Waals surface area contributed by atoms with E-state index in [0.717, 1.165) is 16.1 Å². The molecule has 0 bridgehead atoms. The number of aryl methyl sites for hydroxylation is 1. The quantitative estimate of drug-likeness (QED) is 0.350. The molecule has 0 aliphatic rings. The standard InChI is InChI=1S/C25H26N4O5S/c1-18-4-10-21(11-5-18)27-24(30)17-34-23-14-6-19(7-15-23)16-26-28-25(31)20-8-12-22(13-9-20)29(2)35(3,32)33/h4-16H,17H2,1-3H3,(H,27,30)(H,28,31)/b26-16-. The summed E-state index contributed by atoms with van der Waals surface area (Å²) in [5.74, 6) is -0.183. The van der Waals surface area contributed by atoms with Gasteiger partial charge in [0.05, 0.1) is 18.2 Å². The summed E-state index contributed by atoms with van der Waals surface area (Å²) in [6, 6.07) is 20.5. The van der Waals surface area contributed by atoms with Gasteiger partial charge in [-0.3, -0.25) is 13.9 Å². The lowest BCUT2D eigenvalue weighted by Crippen LogP contribution is -2.25. The Labute approximate surface area is 204 Å². The molecular formula is C25H26N4O5S. The molecule has 2 amide bonds. The fraction of sp³-hybridized carbons (Fsp3) is 0.160. The van der Waals surface area contributed by atoms with Crippen molar-refractivity contribution in [1.82, 2.24) is 5.43 Å². The Morgan fingerprint density at radius 2 is 1.60 bits per heavy atom. The lowest BCUT2D eigenvalue weighted by atomic mass is 10.2. The second-order valence-electron chi connectivity index (χ2n) is 7.75. The van der Waals surface area contributed by atoms with Crippen LogP contribution in [0.1, 0.15) is 21.5 Å². The summed E-state index contributed by atoms with van der Waals surface area (Å²) < 4.78 is 29.8. The molecule has 182 valence electrons. The van der Waals surface area contributed by atoms with Gasteiger partial charge in [-0.25, -0.2) is 13.8 Å².